The van der Waals surface area contributed by atoms with E-state index < -0.39 is 5.91 Å². The Balaban J connectivity index is 1.53. The predicted molar refractivity (Wildman–Crippen MR) is 124 cm³/mol. The highest BCUT2D eigenvalue weighted by molar-refractivity contribution is 6.06. The Labute approximate surface area is 187 Å². The van der Waals surface area contributed by atoms with Crippen LogP contribution < -0.4 is 11.1 Å². The molecule has 1 fully saturated rings. The minimum absolute atomic E-state index is 0.0210. The fraction of sp³-hybridized carbons (Fsp3) is 0.250. The van der Waals surface area contributed by atoms with Gasteiger partial charge in [-0.15, -0.1) is 0 Å². The standard InChI is InChI=1S/C24H26N6O2/c1-2-30(29-14-6-7-15-29)24(32)18-12-10-17(11-13-18)20-16-26-22(25)21(28-20)23(31)27-19-8-4-3-5-9-19/h3-5,8-13,16H,2,6-7,14-15H2,1H3,(H2,25,26)(H,27,31). The van der Waals surface area contributed by atoms with Crippen LogP contribution in [0.15, 0.2) is 60.8 Å². The van der Waals surface area contributed by atoms with Gasteiger partial charge in [0.1, 0.15) is 0 Å². The van der Waals surface area contributed by atoms with Crippen molar-refractivity contribution in [3.05, 3.63) is 72.1 Å². The van der Waals surface area contributed by atoms with Gasteiger partial charge in [-0.1, -0.05) is 30.3 Å². The molecule has 0 unspecified atom stereocenters. The van der Waals surface area contributed by atoms with Gasteiger partial charge in [-0.25, -0.2) is 15.0 Å². The van der Waals surface area contributed by atoms with Crippen molar-refractivity contribution in [2.75, 3.05) is 30.7 Å². The second-order valence-corrected chi connectivity index (χ2v) is 7.57. The fourth-order valence-electron chi connectivity index (χ4n) is 3.76. The summed E-state index contributed by atoms with van der Waals surface area (Å²) in [6.45, 7) is 4.43. The molecule has 1 aliphatic rings. The number of benzene rings is 2. The van der Waals surface area contributed by atoms with Gasteiger partial charge < -0.3 is 11.1 Å². The summed E-state index contributed by atoms with van der Waals surface area (Å²) in [7, 11) is 0. The lowest BCUT2D eigenvalue weighted by Crippen LogP contribution is -2.44. The molecule has 0 spiro atoms. The number of aromatic nitrogens is 2. The number of hydrogen-bond acceptors (Lipinski definition) is 6. The van der Waals surface area contributed by atoms with E-state index in [9.17, 15) is 9.59 Å². The van der Waals surface area contributed by atoms with Crippen molar-refractivity contribution in [1.29, 1.82) is 0 Å². The lowest BCUT2D eigenvalue weighted by Gasteiger charge is -2.30. The summed E-state index contributed by atoms with van der Waals surface area (Å²) in [4.78, 5) is 34.2. The molecular weight excluding hydrogens is 404 g/mol. The van der Waals surface area contributed by atoms with Gasteiger partial charge in [-0.05, 0) is 44.0 Å². The Hall–Kier alpha value is -3.78. The zero-order valence-electron chi connectivity index (χ0n) is 18.0. The zero-order chi connectivity index (χ0) is 22.5. The number of hydrogen-bond donors (Lipinski definition) is 2. The van der Waals surface area contributed by atoms with Gasteiger partial charge >= 0.3 is 0 Å². The molecule has 0 radical (unpaired) electrons. The molecular formula is C24H26N6O2. The van der Waals surface area contributed by atoms with Gasteiger partial charge in [0.25, 0.3) is 11.8 Å². The second kappa shape index (κ2) is 9.57. The molecule has 1 aliphatic heterocycles. The highest BCUT2D eigenvalue weighted by atomic mass is 16.2. The maximum Gasteiger partial charge on any atom is 0.278 e. The van der Waals surface area contributed by atoms with Crippen LogP contribution in [-0.2, 0) is 0 Å². The number of hydrazine groups is 1. The van der Waals surface area contributed by atoms with Crippen molar-refractivity contribution in [2.24, 2.45) is 0 Å². The van der Waals surface area contributed by atoms with Gasteiger partial charge in [0, 0.05) is 36.4 Å². The van der Waals surface area contributed by atoms with E-state index in [1.54, 1.807) is 29.3 Å². The Morgan fingerprint density at radius 2 is 1.75 bits per heavy atom. The van der Waals surface area contributed by atoms with Crippen molar-refractivity contribution < 1.29 is 9.59 Å². The minimum Gasteiger partial charge on any atom is -0.382 e. The van der Waals surface area contributed by atoms with Crippen LogP contribution in [-0.4, -0.2) is 51.4 Å². The van der Waals surface area contributed by atoms with E-state index in [1.165, 1.54) is 6.20 Å². The van der Waals surface area contributed by atoms with E-state index >= 15 is 0 Å². The van der Waals surface area contributed by atoms with E-state index in [2.05, 4.69) is 20.3 Å². The number of anilines is 2. The number of carbonyl (C=O) groups excluding carboxylic acids is 2. The third-order valence-corrected chi connectivity index (χ3v) is 5.43. The van der Waals surface area contributed by atoms with Crippen LogP contribution in [0.25, 0.3) is 11.3 Å². The van der Waals surface area contributed by atoms with Crippen molar-refractivity contribution in [3.63, 3.8) is 0 Å². The molecule has 0 aliphatic carbocycles. The van der Waals surface area contributed by atoms with Crippen LogP contribution >= 0.6 is 0 Å². The van der Waals surface area contributed by atoms with Gasteiger partial charge in [-0.2, -0.15) is 0 Å². The maximum atomic E-state index is 13.0. The summed E-state index contributed by atoms with van der Waals surface area (Å²) < 4.78 is 0. The largest absolute Gasteiger partial charge is 0.382 e. The predicted octanol–water partition coefficient (Wildman–Crippen LogP) is 3.45. The molecule has 1 saturated heterocycles. The monoisotopic (exact) mass is 430 g/mol. The Morgan fingerprint density at radius 1 is 1.06 bits per heavy atom. The number of nitrogens with one attached hydrogen (secondary N) is 1. The quantitative estimate of drug-likeness (QED) is 0.621. The fourth-order valence-corrected chi connectivity index (χ4v) is 3.76. The molecule has 1 aromatic heterocycles. The Kier molecular flexibility index (Phi) is 6.42. The molecule has 2 aromatic carbocycles. The summed E-state index contributed by atoms with van der Waals surface area (Å²) in [5.74, 6) is -0.399. The summed E-state index contributed by atoms with van der Waals surface area (Å²) >= 11 is 0. The number of para-hydroxylation sites is 1. The number of nitrogens with two attached hydrogens (primary N) is 1. The third-order valence-electron chi connectivity index (χ3n) is 5.43. The van der Waals surface area contributed by atoms with Gasteiger partial charge in [0.05, 0.1) is 11.9 Å². The summed E-state index contributed by atoms with van der Waals surface area (Å²) in [5.41, 5.74) is 8.45. The molecule has 0 atom stereocenters. The lowest BCUT2D eigenvalue weighted by molar-refractivity contribution is 0.00736. The van der Waals surface area contributed by atoms with E-state index in [1.807, 2.05) is 37.3 Å². The first-order chi connectivity index (χ1) is 15.6. The minimum atomic E-state index is -0.431. The first-order valence-corrected chi connectivity index (χ1v) is 10.7. The Bertz CT molecular complexity index is 1100. The number of nitrogen functional groups attached to an aromatic ring is 1. The topological polar surface area (TPSA) is 104 Å². The van der Waals surface area contributed by atoms with E-state index in [-0.39, 0.29) is 17.4 Å². The summed E-state index contributed by atoms with van der Waals surface area (Å²) in [6.07, 6.45) is 3.74. The first kappa shape index (κ1) is 21.5. The van der Waals surface area contributed by atoms with E-state index in [0.717, 1.165) is 31.5 Å². The van der Waals surface area contributed by atoms with Gasteiger partial charge in [-0.3, -0.25) is 14.6 Å². The molecule has 0 bridgehead atoms. The summed E-state index contributed by atoms with van der Waals surface area (Å²) in [6, 6.07) is 16.3. The molecule has 2 heterocycles. The third kappa shape index (κ3) is 4.60. The molecule has 3 N–H and O–H groups in total. The summed E-state index contributed by atoms with van der Waals surface area (Å²) in [5, 5.41) is 6.68. The number of nitrogens with zero attached hydrogens (tertiary/aromatic N) is 4. The number of rotatable bonds is 6. The van der Waals surface area contributed by atoms with Crippen molar-refractivity contribution in [3.8, 4) is 11.3 Å². The molecule has 0 saturated carbocycles. The molecule has 3 aromatic rings. The molecule has 4 rings (SSSR count). The van der Waals surface area contributed by atoms with Crippen molar-refractivity contribution in [1.82, 2.24) is 20.0 Å². The van der Waals surface area contributed by atoms with Crippen molar-refractivity contribution >= 4 is 23.3 Å². The molecule has 32 heavy (non-hydrogen) atoms. The van der Waals surface area contributed by atoms with Crippen LogP contribution in [0.3, 0.4) is 0 Å². The molecule has 8 heteroatoms. The van der Waals surface area contributed by atoms with E-state index in [4.69, 9.17) is 5.73 Å². The van der Waals surface area contributed by atoms with Crippen molar-refractivity contribution in [2.45, 2.75) is 19.8 Å². The first-order valence-electron chi connectivity index (χ1n) is 10.7. The van der Waals surface area contributed by atoms with Gasteiger partial charge in [0.2, 0.25) is 0 Å². The van der Waals surface area contributed by atoms with Gasteiger partial charge in [0.15, 0.2) is 11.5 Å². The maximum absolute atomic E-state index is 13.0. The van der Waals surface area contributed by atoms with Crippen LogP contribution in [0.4, 0.5) is 11.5 Å². The van der Waals surface area contributed by atoms with Crippen LogP contribution in [0.1, 0.15) is 40.6 Å². The number of carbonyl (C=O) groups is 2. The smallest absolute Gasteiger partial charge is 0.278 e. The lowest BCUT2D eigenvalue weighted by atomic mass is 10.1. The zero-order valence-corrected chi connectivity index (χ0v) is 18.0. The molecule has 164 valence electrons. The van der Waals surface area contributed by atoms with Crippen LogP contribution in [0, 0.1) is 0 Å². The van der Waals surface area contributed by atoms with E-state index in [0.29, 0.717) is 23.5 Å². The molecule has 8 nitrogen and oxygen atoms in total. The highest BCUT2D eigenvalue weighted by Crippen LogP contribution is 2.21. The Morgan fingerprint density at radius 3 is 2.41 bits per heavy atom. The number of amides is 2. The molecule has 2 amide bonds. The van der Waals surface area contributed by atoms with Crippen LogP contribution in [0.5, 0.6) is 0 Å². The second-order valence-electron chi connectivity index (χ2n) is 7.57. The highest BCUT2D eigenvalue weighted by Gasteiger charge is 2.24. The average molecular weight is 431 g/mol. The van der Waals surface area contributed by atoms with Crippen LogP contribution in [0.2, 0.25) is 0 Å². The SMILES string of the molecule is CCN(C(=O)c1ccc(-c2cnc(N)c(C(=O)Nc3ccccc3)n2)cc1)N1CCCC1. The normalized spacial score (nSPS) is 13.7. The average Bonchev–Trinajstić information content (AvgIpc) is 3.35.